The molecule has 0 atom stereocenters. The van der Waals surface area contributed by atoms with Gasteiger partial charge in [0.15, 0.2) is 0 Å². The summed E-state index contributed by atoms with van der Waals surface area (Å²) in [5.74, 6) is 0.0343. The number of amides is 1. The minimum absolute atomic E-state index is 0.0343. The van der Waals surface area contributed by atoms with Crippen LogP contribution < -0.4 is 5.32 Å². The van der Waals surface area contributed by atoms with Gasteiger partial charge in [-0.2, -0.15) is 5.10 Å². The highest BCUT2D eigenvalue weighted by molar-refractivity contribution is 5.91. The van der Waals surface area contributed by atoms with Gasteiger partial charge < -0.3 is 5.32 Å². The van der Waals surface area contributed by atoms with E-state index >= 15 is 0 Å². The summed E-state index contributed by atoms with van der Waals surface area (Å²) in [4.78, 5) is 12.0. The lowest BCUT2D eigenvalue weighted by Crippen LogP contribution is -2.13. The predicted octanol–water partition coefficient (Wildman–Crippen LogP) is 3.09. The molecule has 1 heterocycles. The van der Waals surface area contributed by atoms with Crippen molar-refractivity contribution in [1.82, 2.24) is 9.78 Å². The molecule has 0 unspecified atom stereocenters. The number of nitrogens with one attached hydrogen (secondary N) is 1. The molecule has 0 aliphatic carbocycles. The van der Waals surface area contributed by atoms with E-state index in [-0.39, 0.29) is 5.91 Å². The van der Waals surface area contributed by atoms with Crippen LogP contribution in [0.5, 0.6) is 0 Å². The molecule has 0 bridgehead atoms. The van der Waals surface area contributed by atoms with E-state index in [1.165, 1.54) is 11.1 Å². The molecular weight excluding hydrogens is 250 g/mol. The van der Waals surface area contributed by atoms with Crippen LogP contribution in [-0.4, -0.2) is 15.7 Å². The van der Waals surface area contributed by atoms with Crippen LogP contribution in [0.3, 0.4) is 0 Å². The Morgan fingerprint density at radius 3 is 2.70 bits per heavy atom. The molecule has 0 aliphatic rings. The maximum atomic E-state index is 12.0. The van der Waals surface area contributed by atoms with E-state index in [2.05, 4.69) is 29.5 Å². The smallest absolute Gasteiger partial charge is 0.224 e. The number of nitrogens with zero attached hydrogens (tertiary/aromatic N) is 2. The average molecular weight is 271 g/mol. The quantitative estimate of drug-likeness (QED) is 0.908. The average Bonchev–Trinajstić information content (AvgIpc) is 2.79. The van der Waals surface area contributed by atoms with Gasteiger partial charge >= 0.3 is 0 Å². The van der Waals surface area contributed by atoms with Crippen LogP contribution in [0.15, 0.2) is 30.5 Å². The minimum Gasteiger partial charge on any atom is -0.323 e. The Balaban J connectivity index is 1.93. The summed E-state index contributed by atoms with van der Waals surface area (Å²) in [6.45, 7) is 6.88. The molecule has 1 aromatic heterocycles. The zero-order valence-corrected chi connectivity index (χ0v) is 12.3. The van der Waals surface area contributed by atoms with Crippen LogP contribution in [-0.2, 0) is 17.8 Å². The third-order valence-electron chi connectivity index (χ3n) is 3.56. The molecule has 1 amide bonds. The molecule has 0 radical (unpaired) electrons. The Bertz CT molecular complexity index is 602. The zero-order chi connectivity index (χ0) is 14.5. The Labute approximate surface area is 119 Å². The third-order valence-corrected chi connectivity index (χ3v) is 3.56. The van der Waals surface area contributed by atoms with E-state index in [0.29, 0.717) is 6.42 Å². The maximum Gasteiger partial charge on any atom is 0.224 e. The second kappa shape index (κ2) is 6.37. The molecule has 0 saturated heterocycles. The Hall–Kier alpha value is -2.10. The Kier molecular flexibility index (Phi) is 4.56. The molecule has 2 aromatic rings. The number of hydrogen-bond acceptors (Lipinski definition) is 2. The largest absolute Gasteiger partial charge is 0.323 e. The molecule has 0 spiro atoms. The molecule has 0 saturated carbocycles. The number of rotatable bonds is 5. The van der Waals surface area contributed by atoms with E-state index < -0.39 is 0 Å². The lowest BCUT2D eigenvalue weighted by molar-refractivity contribution is -0.116. The summed E-state index contributed by atoms with van der Waals surface area (Å²) in [6.07, 6.45) is 2.96. The van der Waals surface area contributed by atoms with Gasteiger partial charge in [0.1, 0.15) is 0 Å². The summed E-state index contributed by atoms with van der Waals surface area (Å²) in [6, 6.07) is 8.17. The predicted molar refractivity (Wildman–Crippen MR) is 80.8 cm³/mol. The van der Waals surface area contributed by atoms with Crippen LogP contribution in [0.25, 0.3) is 0 Å². The van der Waals surface area contributed by atoms with Crippen LogP contribution in [0.1, 0.15) is 30.2 Å². The van der Waals surface area contributed by atoms with Gasteiger partial charge in [-0.1, -0.05) is 24.3 Å². The molecule has 0 aliphatic heterocycles. The number of anilines is 1. The summed E-state index contributed by atoms with van der Waals surface area (Å²) >= 11 is 0. The summed E-state index contributed by atoms with van der Waals surface area (Å²) < 4.78 is 1.87. The van der Waals surface area contributed by atoms with Crippen LogP contribution in [0, 0.1) is 13.8 Å². The van der Waals surface area contributed by atoms with Crippen LogP contribution in [0.2, 0.25) is 0 Å². The number of aryl methyl sites for hydroxylation is 3. The standard InChI is InChI=1S/C16H21N3O/c1-4-19-13(3)15(11-17-19)18-16(20)10-9-14-8-6-5-7-12(14)2/h5-8,11H,4,9-10H2,1-3H3,(H,18,20). The molecule has 4 nitrogen and oxygen atoms in total. The van der Waals surface area contributed by atoms with Gasteiger partial charge in [-0.05, 0) is 38.3 Å². The first-order valence-corrected chi connectivity index (χ1v) is 6.98. The van der Waals surface area contributed by atoms with Crippen molar-refractivity contribution in [2.45, 2.75) is 40.2 Å². The number of carbonyl (C=O) groups excluding carboxylic acids is 1. The lowest BCUT2D eigenvalue weighted by atomic mass is 10.0. The zero-order valence-electron chi connectivity index (χ0n) is 12.3. The van der Waals surface area contributed by atoms with Gasteiger partial charge in [-0.15, -0.1) is 0 Å². The fourth-order valence-corrected chi connectivity index (χ4v) is 2.24. The molecule has 1 aromatic carbocycles. The van der Waals surface area contributed by atoms with Crippen molar-refractivity contribution in [2.75, 3.05) is 5.32 Å². The van der Waals surface area contributed by atoms with E-state index in [4.69, 9.17) is 0 Å². The molecule has 2 rings (SSSR count). The second-order valence-electron chi connectivity index (χ2n) is 4.93. The highest BCUT2D eigenvalue weighted by atomic mass is 16.1. The van der Waals surface area contributed by atoms with E-state index in [9.17, 15) is 4.79 Å². The van der Waals surface area contributed by atoms with Gasteiger partial charge in [0, 0.05) is 13.0 Å². The molecular formula is C16H21N3O. The molecule has 1 N–H and O–H groups in total. The monoisotopic (exact) mass is 271 g/mol. The van der Waals surface area contributed by atoms with Gasteiger partial charge in [0.25, 0.3) is 0 Å². The highest BCUT2D eigenvalue weighted by Crippen LogP contribution is 2.15. The molecule has 0 fully saturated rings. The van der Waals surface area contributed by atoms with E-state index in [0.717, 1.165) is 24.3 Å². The van der Waals surface area contributed by atoms with E-state index in [1.54, 1.807) is 6.20 Å². The first-order chi connectivity index (χ1) is 9.61. The lowest BCUT2D eigenvalue weighted by Gasteiger charge is -2.07. The van der Waals surface area contributed by atoms with Gasteiger partial charge in [-0.25, -0.2) is 0 Å². The van der Waals surface area contributed by atoms with Crippen molar-refractivity contribution < 1.29 is 4.79 Å². The van der Waals surface area contributed by atoms with E-state index in [1.807, 2.05) is 30.7 Å². The number of aromatic nitrogens is 2. The highest BCUT2D eigenvalue weighted by Gasteiger charge is 2.09. The Morgan fingerprint density at radius 2 is 2.05 bits per heavy atom. The number of benzene rings is 1. The van der Waals surface area contributed by atoms with Crippen LogP contribution >= 0.6 is 0 Å². The third kappa shape index (κ3) is 3.26. The fraction of sp³-hybridized carbons (Fsp3) is 0.375. The maximum absolute atomic E-state index is 12.0. The first-order valence-electron chi connectivity index (χ1n) is 6.98. The topological polar surface area (TPSA) is 46.9 Å². The van der Waals surface area contributed by atoms with Crippen molar-refractivity contribution in [3.05, 3.63) is 47.3 Å². The fourth-order valence-electron chi connectivity index (χ4n) is 2.24. The van der Waals surface area contributed by atoms with Crippen molar-refractivity contribution in [3.8, 4) is 0 Å². The number of carbonyl (C=O) groups is 1. The SMILES string of the molecule is CCn1ncc(NC(=O)CCc2ccccc2C)c1C. The van der Waals surface area contributed by atoms with Crippen molar-refractivity contribution in [1.29, 1.82) is 0 Å². The number of hydrogen-bond donors (Lipinski definition) is 1. The van der Waals surface area contributed by atoms with Gasteiger partial charge in [0.2, 0.25) is 5.91 Å². The first kappa shape index (κ1) is 14.3. The van der Waals surface area contributed by atoms with Gasteiger partial charge in [-0.3, -0.25) is 9.48 Å². The summed E-state index contributed by atoms with van der Waals surface area (Å²) in [5.41, 5.74) is 4.26. The minimum atomic E-state index is 0.0343. The van der Waals surface area contributed by atoms with Crippen molar-refractivity contribution >= 4 is 11.6 Å². The normalized spacial score (nSPS) is 10.6. The van der Waals surface area contributed by atoms with Crippen molar-refractivity contribution in [2.24, 2.45) is 0 Å². The summed E-state index contributed by atoms with van der Waals surface area (Å²) in [5, 5.41) is 7.15. The van der Waals surface area contributed by atoms with Gasteiger partial charge in [0.05, 0.1) is 17.6 Å². The van der Waals surface area contributed by atoms with Crippen LogP contribution in [0.4, 0.5) is 5.69 Å². The molecule has 20 heavy (non-hydrogen) atoms. The summed E-state index contributed by atoms with van der Waals surface area (Å²) in [7, 11) is 0. The Morgan fingerprint density at radius 1 is 1.30 bits per heavy atom. The van der Waals surface area contributed by atoms with Crippen molar-refractivity contribution in [3.63, 3.8) is 0 Å². The molecule has 4 heteroatoms. The molecule has 106 valence electrons. The second-order valence-corrected chi connectivity index (χ2v) is 4.93.